The van der Waals surface area contributed by atoms with Crippen LogP contribution in [0.2, 0.25) is 0 Å². The molecule has 0 N–H and O–H groups in total. The SMILES string of the molecule is CCOC(=O)C[C@H]1CCN(CCCCOC(c2ccccc2)c2ccccc2)C[C@H]1C. The van der Waals surface area contributed by atoms with E-state index >= 15 is 0 Å². The zero-order valence-corrected chi connectivity index (χ0v) is 19.0. The summed E-state index contributed by atoms with van der Waals surface area (Å²) in [7, 11) is 0. The Hall–Kier alpha value is -2.17. The van der Waals surface area contributed by atoms with Gasteiger partial charge in [-0.2, -0.15) is 0 Å². The van der Waals surface area contributed by atoms with E-state index < -0.39 is 0 Å². The smallest absolute Gasteiger partial charge is 0.306 e. The second kappa shape index (κ2) is 12.6. The summed E-state index contributed by atoms with van der Waals surface area (Å²) in [6.45, 7) is 8.61. The third-order valence-corrected chi connectivity index (χ3v) is 6.26. The standard InChI is InChI=1S/C27H37NO3/c1-3-30-26(29)20-25-16-18-28(21-22(25)2)17-10-11-19-31-27(23-12-6-4-7-13-23)24-14-8-5-9-15-24/h4-9,12-15,22,25,27H,3,10-11,16-21H2,1-2H3/t22-,25-/m1/s1. The van der Waals surface area contributed by atoms with Crippen molar-refractivity contribution in [1.82, 2.24) is 4.90 Å². The first-order valence-corrected chi connectivity index (χ1v) is 11.8. The minimum Gasteiger partial charge on any atom is -0.466 e. The van der Waals surface area contributed by atoms with Crippen molar-refractivity contribution in [3.8, 4) is 0 Å². The topological polar surface area (TPSA) is 38.8 Å². The average molecular weight is 424 g/mol. The summed E-state index contributed by atoms with van der Waals surface area (Å²) in [5.74, 6) is 0.947. The van der Waals surface area contributed by atoms with Gasteiger partial charge in [-0.3, -0.25) is 4.79 Å². The van der Waals surface area contributed by atoms with E-state index in [9.17, 15) is 4.79 Å². The number of carbonyl (C=O) groups excluding carboxylic acids is 1. The number of unbranched alkanes of at least 4 members (excludes halogenated alkanes) is 1. The molecule has 4 nitrogen and oxygen atoms in total. The van der Waals surface area contributed by atoms with Crippen LogP contribution in [0.4, 0.5) is 0 Å². The van der Waals surface area contributed by atoms with E-state index in [-0.39, 0.29) is 12.1 Å². The van der Waals surface area contributed by atoms with Crippen molar-refractivity contribution < 1.29 is 14.3 Å². The number of benzene rings is 2. The second-order valence-corrected chi connectivity index (χ2v) is 8.62. The number of carbonyl (C=O) groups is 1. The molecule has 0 aromatic heterocycles. The summed E-state index contributed by atoms with van der Waals surface area (Å²) in [5.41, 5.74) is 2.40. The number of piperidine rings is 1. The molecule has 1 aliphatic rings. The minimum absolute atomic E-state index is 0.0129. The van der Waals surface area contributed by atoms with Gasteiger partial charge in [-0.15, -0.1) is 0 Å². The number of hydrogen-bond acceptors (Lipinski definition) is 4. The maximum Gasteiger partial charge on any atom is 0.306 e. The number of nitrogens with zero attached hydrogens (tertiary/aromatic N) is 1. The fourth-order valence-electron chi connectivity index (χ4n) is 4.50. The van der Waals surface area contributed by atoms with Crippen molar-refractivity contribution >= 4 is 5.97 Å². The van der Waals surface area contributed by atoms with Crippen LogP contribution in [0.3, 0.4) is 0 Å². The Morgan fingerprint density at radius 2 is 1.68 bits per heavy atom. The highest BCUT2D eigenvalue weighted by atomic mass is 16.5. The van der Waals surface area contributed by atoms with Crippen LogP contribution in [0.25, 0.3) is 0 Å². The van der Waals surface area contributed by atoms with Gasteiger partial charge in [-0.05, 0) is 62.2 Å². The van der Waals surface area contributed by atoms with Gasteiger partial charge in [0.1, 0.15) is 6.10 Å². The minimum atomic E-state index is -0.0451. The molecule has 31 heavy (non-hydrogen) atoms. The summed E-state index contributed by atoms with van der Waals surface area (Å²) >= 11 is 0. The van der Waals surface area contributed by atoms with Gasteiger partial charge >= 0.3 is 5.97 Å². The van der Waals surface area contributed by atoms with Gasteiger partial charge in [0, 0.05) is 19.6 Å². The van der Waals surface area contributed by atoms with Crippen LogP contribution in [0.1, 0.15) is 56.8 Å². The van der Waals surface area contributed by atoms with E-state index in [2.05, 4.69) is 60.4 Å². The van der Waals surface area contributed by atoms with E-state index in [1.165, 1.54) is 11.1 Å². The molecule has 2 aromatic rings. The van der Waals surface area contributed by atoms with Crippen LogP contribution < -0.4 is 0 Å². The Balaban J connectivity index is 1.40. The first kappa shape index (κ1) is 23.5. The molecule has 1 aliphatic heterocycles. The molecule has 2 atom stereocenters. The van der Waals surface area contributed by atoms with Gasteiger partial charge in [0.25, 0.3) is 0 Å². The van der Waals surface area contributed by atoms with Crippen molar-refractivity contribution in [1.29, 1.82) is 0 Å². The van der Waals surface area contributed by atoms with Crippen LogP contribution in [0, 0.1) is 11.8 Å². The summed E-state index contributed by atoms with van der Waals surface area (Å²) in [4.78, 5) is 14.3. The van der Waals surface area contributed by atoms with Gasteiger partial charge in [0.05, 0.1) is 6.61 Å². The Kier molecular flexibility index (Phi) is 9.57. The fraction of sp³-hybridized carbons (Fsp3) is 0.519. The van der Waals surface area contributed by atoms with Crippen molar-refractivity contribution in [2.75, 3.05) is 32.8 Å². The quantitative estimate of drug-likeness (QED) is 0.354. The number of likely N-dealkylation sites (tertiary alicyclic amines) is 1. The van der Waals surface area contributed by atoms with Gasteiger partial charge < -0.3 is 14.4 Å². The molecular weight excluding hydrogens is 386 g/mol. The highest BCUT2D eigenvalue weighted by molar-refractivity contribution is 5.69. The van der Waals surface area contributed by atoms with Crippen molar-refractivity contribution in [2.45, 2.75) is 45.6 Å². The molecule has 3 rings (SSSR count). The van der Waals surface area contributed by atoms with E-state index in [1.54, 1.807) is 0 Å². The third-order valence-electron chi connectivity index (χ3n) is 6.26. The molecule has 1 saturated heterocycles. The van der Waals surface area contributed by atoms with E-state index in [0.717, 1.165) is 45.5 Å². The number of ether oxygens (including phenoxy) is 2. The monoisotopic (exact) mass is 423 g/mol. The Bertz CT molecular complexity index is 725. The summed E-state index contributed by atoms with van der Waals surface area (Å²) in [6, 6.07) is 20.9. The second-order valence-electron chi connectivity index (χ2n) is 8.62. The van der Waals surface area contributed by atoms with Gasteiger partial charge in [0.2, 0.25) is 0 Å². The lowest BCUT2D eigenvalue weighted by molar-refractivity contribution is -0.145. The summed E-state index contributed by atoms with van der Waals surface area (Å²) < 4.78 is 11.5. The Morgan fingerprint density at radius 3 is 2.26 bits per heavy atom. The van der Waals surface area contributed by atoms with E-state index in [1.807, 2.05) is 19.1 Å². The molecule has 0 aliphatic carbocycles. The van der Waals surface area contributed by atoms with E-state index in [4.69, 9.17) is 9.47 Å². The molecule has 0 unspecified atom stereocenters. The highest BCUT2D eigenvalue weighted by Gasteiger charge is 2.27. The van der Waals surface area contributed by atoms with Crippen LogP contribution in [-0.4, -0.2) is 43.7 Å². The molecule has 168 valence electrons. The van der Waals surface area contributed by atoms with Crippen LogP contribution in [-0.2, 0) is 14.3 Å². The normalized spacial score (nSPS) is 19.5. The predicted molar refractivity (Wildman–Crippen MR) is 125 cm³/mol. The number of hydrogen-bond donors (Lipinski definition) is 0. The van der Waals surface area contributed by atoms with Crippen LogP contribution >= 0.6 is 0 Å². The van der Waals surface area contributed by atoms with Gasteiger partial charge in [-0.25, -0.2) is 0 Å². The first-order chi connectivity index (χ1) is 15.2. The number of rotatable bonds is 11. The fourth-order valence-corrected chi connectivity index (χ4v) is 4.50. The Morgan fingerprint density at radius 1 is 1.03 bits per heavy atom. The van der Waals surface area contributed by atoms with E-state index in [0.29, 0.717) is 24.9 Å². The van der Waals surface area contributed by atoms with Crippen LogP contribution in [0.15, 0.2) is 60.7 Å². The molecule has 0 amide bonds. The lowest BCUT2D eigenvalue weighted by Crippen LogP contribution is -2.40. The zero-order valence-electron chi connectivity index (χ0n) is 19.0. The molecule has 4 heteroatoms. The molecule has 1 heterocycles. The maximum absolute atomic E-state index is 11.8. The Labute approximate surface area is 187 Å². The number of esters is 1. The van der Waals surface area contributed by atoms with Gasteiger partial charge in [0.15, 0.2) is 0 Å². The van der Waals surface area contributed by atoms with Crippen LogP contribution in [0.5, 0.6) is 0 Å². The molecule has 0 saturated carbocycles. The van der Waals surface area contributed by atoms with Gasteiger partial charge in [-0.1, -0.05) is 67.6 Å². The zero-order chi connectivity index (χ0) is 21.9. The average Bonchev–Trinajstić information content (AvgIpc) is 2.79. The summed E-state index contributed by atoms with van der Waals surface area (Å²) in [5, 5.41) is 0. The van der Waals surface area contributed by atoms with Crippen molar-refractivity contribution in [2.24, 2.45) is 11.8 Å². The highest BCUT2D eigenvalue weighted by Crippen LogP contribution is 2.28. The molecule has 0 spiro atoms. The lowest BCUT2D eigenvalue weighted by Gasteiger charge is -2.36. The first-order valence-electron chi connectivity index (χ1n) is 11.8. The molecule has 1 fully saturated rings. The molecule has 0 bridgehead atoms. The maximum atomic E-state index is 11.8. The van der Waals surface area contributed by atoms with Crippen molar-refractivity contribution in [3.05, 3.63) is 71.8 Å². The molecule has 0 radical (unpaired) electrons. The predicted octanol–water partition coefficient (Wildman–Crippen LogP) is 5.48. The molecular formula is C27H37NO3. The largest absolute Gasteiger partial charge is 0.466 e. The summed E-state index contributed by atoms with van der Waals surface area (Å²) in [6.07, 6.45) is 3.82. The van der Waals surface area contributed by atoms with Crippen molar-refractivity contribution in [3.63, 3.8) is 0 Å². The molecule has 2 aromatic carbocycles. The third kappa shape index (κ3) is 7.48. The lowest BCUT2D eigenvalue weighted by atomic mass is 9.84.